The van der Waals surface area contributed by atoms with E-state index in [1.165, 1.54) is 0 Å². The number of rotatable bonds is 11. The second-order valence-electron chi connectivity index (χ2n) is 8.50. The number of carboxylic acid groups (broad SMARTS) is 3. The molecule has 0 saturated carbocycles. The second kappa shape index (κ2) is 12.7. The number of ketones is 1. The Bertz CT molecular complexity index is 608. The van der Waals surface area contributed by atoms with E-state index in [1.807, 2.05) is 13.8 Å². The number of carbonyl (C=O) groups is 4. The second-order valence-corrected chi connectivity index (χ2v) is 8.50. The molecule has 1 saturated heterocycles. The van der Waals surface area contributed by atoms with Crippen LogP contribution in [0.5, 0.6) is 0 Å². The lowest BCUT2D eigenvalue weighted by atomic mass is 10.0. The molecule has 10 heteroatoms. The summed E-state index contributed by atoms with van der Waals surface area (Å²) in [6.45, 7) is 8.94. The first-order valence-electron chi connectivity index (χ1n) is 10.9. The van der Waals surface area contributed by atoms with E-state index in [-0.39, 0.29) is 11.7 Å². The van der Waals surface area contributed by atoms with Crippen LogP contribution in [0.2, 0.25) is 0 Å². The van der Waals surface area contributed by atoms with Gasteiger partial charge in [0, 0.05) is 51.6 Å². The predicted octanol–water partition coefficient (Wildman–Crippen LogP) is 0.701. The Hall–Kier alpha value is -2.04. The third kappa shape index (κ3) is 8.54. The van der Waals surface area contributed by atoms with Crippen molar-refractivity contribution in [3.63, 3.8) is 0 Å². The van der Waals surface area contributed by atoms with Crippen molar-refractivity contribution in [3.8, 4) is 0 Å². The van der Waals surface area contributed by atoms with Crippen LogP contribution >= 0.6 is 0 Å². The fourth-order valence-corrected chi connectivity index (χ4v) is 3.73. The molecule has 1 heterocycles. The van der Waals surface area contributed by atoms with Crippen molar-refractivity contribution in [2.24, 2.45) is 5.92 Å². The molecule has 2 unspecified atom stereocenters. The largest absolute Gasteiger partial charge is 0.480 e. The standard InChI is InChI=1S/C21H37N3O7/c1-14(2)18(25)7-5-6-17(21(30)31)24-12-10-22(15(3)19(26)27)8-9-23(11-13-24)16(4)20(28)29/h14-17H,5-13H2,1-4H3,(H,26,27)(H,28,29)(H,30,31)/t15?,16?,17-/m1/s1. The van der Waals surface area contributed by atoms with Gasteiger partial charge in [-0.2, -0.15) is 0 Å². The molecule has 0 spiro atoms. The molecule has 1 fully saturated rings. The molecule has 0 aromatic rings. The predicted molar refractivity (Wildman–Crippen MR) is 114 cm³/mol. The van der Waals surface area contributed by atoms with E-state index in [0.717, 1.165) is 0 Å². The van der Waals surface area contributed by atoms with Gasteiger partial charge in [-0.05, 0) is 26.7 Å². The molecule has 3 atom stereocenters. The zero-order valence-corrected chi connectivity index (χ0v) is 19.0. The molecule has 0 radical (unpaired) electrons. The minimum atomic E-state index is -0.994. The van der Waals surface area contributed by atoms with Gasteiger partial charge in [-0.15, -0.1) is 0 Å². The number of hydrogen-bond acceptors (Lipinski definition) is 7. The van der Waals surface area contributed by atoms with Gasteiger partial charge in [0.2, 0.25) is 0 Å². The molecule has 1 aliphatic rings. The molecule has 178 valence electrons. The van der Waals surface area contributed by atoms with Crippen LogP contribution in [0, 0.1) is 5.92 Å². The summed E-state index contributed by atoms with van der Waals surface area (Å²) in [5.41, 5.74) is 0. The number of carboxylic acids is 3. The van der Waals surface area contributed by atoms with Crippen molar-refractivity contribution >= 4 is 23.7 Å². The number of carbonyl (C=O) groups excluding carboxylic acids is 1. The highest BCUT2D eigenvalue weighted by Gasteiger charge is 2.31. The van der Waals surface area contributed by atoms with Crippen LogP contribution in [0.25, 0.3) is 0 Å². The molecule has 0 aliphatic carbocycles. The highest BCUT2D eigenvalue weighted by Crippen LogP contribution is 2.15. The van der Waals surface area contributed by atoms with E-state index < -0.39 is 36.0 Å². The quantitative estimate of drug-likeness (QED) is 0.418. The van der Waals surface area contributed by atoms with Gasteiger partial charge >= 0.3 is 17.9 Å². The van der Waals surface area contributed by atoms with Crippen molar-refractivity contribution in [1.29, 1.82) is 0 Å². The summed E-state index contributed by atoms with van der Waals surface area (Å²) >= 11 is 0. The van der Waals surface area contributed by atoms with Crippen molar-refractivity contribution < 1.29 is 34.5 Å². The maximum absolute atomic E-state index is 12.0. The Morgan fingerprint density at radius 3 is 1.39 bits per heavy atom. The Balaban J connectivity index is 3.00. The number of Topliss-reactive ketones (excluding diaryl/α,β-unsaturated/α-hetero) is 1. The summed E-state index contributed by atoms with van der Waals surface area (Å²) in [6.07, 6.45) is 1.07. The molecule has 0 aromatic carbocycles. The Kier molecular flexibility index (Phi) is 11.1. The molecule has 3 N–H and O–H groups in total. The van der Waals surface area contributed by atoms with Gasteiger partial charge < -0.3 is 15.3 Å². The SMILES string of the molecule is CC(C)C(=O)CCC[C@H](C(=O)O)N1CCN(C(C)C(=O)O)CCN(C(C)C(=O)O)CC1. The monoisotopic (exact) mass is 443 g/mol. The van der Waals surface area contributed by atoms with E-state index in [4.69, 9.17) is 0 Å². The van der Waals surface area contributed by atoms with E-state index in [9.17, 15) is 34.5 Å². The van der Waals surface area contributed by atoms with Crippen molar-refractivity contribution in [2.45, 2.75) is 65.1 Å². The smallest absolute Gasteiger partial charge is 0.320 e. The summed E-state index contributed by atoms with van der Waals surface area (Å²) < 4.78 is 0. The van der Waals surface area contributed by atoms with Gasteiger partial charge in [0.15, 0.2) is 0 Å². The average molecular weight is 444 g/mol. The number of nitrogens with zero attached hydrogens (tertiary/aromatic N) is 3. The molecule has 1 aliphatic heterocycles. The van der Waals surface area contributed by atoms with Crippen molar-refractivity contribution in [1.82, 2.24) is 14.7 Å². The molecule has 0 amide bonds. The van der Waals surface area contributed by atoms with Gasteiger partial charge in [-0.1, -0.05) is 13.8 Å². The molecule has 0 bridgehead atoms. The molecule has 10 nitrogen and oxygen atoms in total. The van der Waals surface area contributed by atoms with Gasteiger partial charge in [-0.3, -0.25) is 33.9 Å². The van der Waals surface area contributed by atoms with Crippen LogP contribution < -0.4 is 0 Å². The fourth-order valence-electron chi connectivity index (χ4n) is 3.73. The molecule has 0 aromatic heterocycles. The summed E-state index contributed by atoms with van der Waals surface area (Å²) in [4.78, 5) is 52.1. The Morgan fingerprint density at radius 1 is 0.677 bits per heavy atom. The van der Waals surface area contributed by atoms with Gasteiger partial charge in [0.05, 0.1) is 0 Å². The summed E-state index contributed by atoms with van der Waals surface area (Å²) in [6, 6.07) is -2.36. The van der Waals surface area contributed by atoms with Crippen molar-refractivity contribution in [2.75, 3.05) is 39.3 Å². The first-order chi connectivity index (χ1) is 14.5. The summed E-state index contributed by atoms with van der Waals surface area (Å²) in [5.74, 6) is -2.95. The molecular formula is C21H37N3O7. The molecular weight excluding hydrogens is 406 g/mol. The minimum absolute atomic E-state index is 0.0920. The summed E-state index contributed by atoms with van der Waals surface area (Å²) in [5, 5.41) is 28.7. The third-order valence-corrected chi connectivity index (χ3v) is 6.10. The third-order valence-electron chi connectivity index (χ3n) is 6.10. The summed E-state index contributed by atoms with van der Waals surface area (Å²) in [7, 11) is 0. The van der Waals surface area contributed by atoms with E-state index in [1.54, 1.807) is 28.5 Å². The lowest BCUT2D eigenvalue weighted by molar-refractivity contribution is -0.145. The topological polar surface area (TPSA) is 139 Å². The van der Waals surface area contributed by atoms with Crippen LogP contribution in [-0.4, -0.2) is 111 Å². The average Bonchev–Trinajstić information content (AvgIpc) is 2.79. The van der Waals surface area contributed by atoms with Crippen LogP contribution in [0.3, 0.4) is 0 Å². The first kappa shape index (κ1) is 27.0. The number of aliphatic carboxylic acids is 3. The molecule has 31 heavy (non-hydrogen) atoms. The maximum atomic E-state index is 12.0. The van der Waals surface area contributed by atoms with Gasteiger partial charge in [0.25, 0.3) is 0 Å². The minimum Gasteiger partial charge on any atom is -0.480 e. The van der Waals surface area contributed by atoms with Gasteiger partial charge in [-0.25, -0.2) is 0 Å². The van der Waals surface area contributed by atoms with Crippen LogP contribution in [0.1, 0.15) is 47.0 Å². The Morgan fingerprint density at radius 2 is 1.06 bits per heavy atom. The highest BCUT2D eigenvalue weighted by atomic mass is 16.4. The first-order valence-corrected chi connectivity index (χ1v) is 10.9. The van der Waals surface area contributed by atoms with Gasteiger partial charge in [0.1, 0.15) is 23.9 Å². The lowest BCUT2D eigenvalue weighted by Gasteiger charge is -2.32. The fraction of sp³-hybridized carbons (Fsp3) is 0.810. The zero-order chi connectivity index (χ0) is 23.7. The lowest BCUT2D eigenvalue weighted by Crippen LogP contribution is -2.48. The molecule has 1 rings (SSSR count). The van der Waals surface area contributed by atoms with Crippen LogP contribution in [-0.2, 0) is 19.2 Å². The van der Waals surface area contributed by atoms with Crippen molar-refractivity contribution in [3.05, 3.63) is 0 Å². The van der Waals surface area contributed by atoms with Crippen LogP contribution in [0.15, 0.2) is 0 Å². The van der Waals surface area contributed by atoms with E-state index in [2.05, 4.69) is 0 Å². The van der Waals surface area contributed by atoms with Crippen LogP contribution in [0.4, 0.5) is 0 Å². The normalized spacial score (nSPS) is 20.3. The van der Waals surface area contributed by atoms with E-state index >= 15 is 0 Å². The maximum Gasteiger partial charge on any atom is 0.320 e. The zero-order valence-electron chi connectivity index (χ0n) is 19.0. The van der Waals surface area contributed by atoms with E-state index in [0.29, 0.717) is 58.5 Å². The Labute approximate surface area is 183 Å². The number of hydrogen-bond donors (Lipinski definition) is 3. The highest BCUT2D eigenvalue weighted by molar-refractivity contribution is 5.80.